The largest absolute Gasteiger partial charge is 0.379 e. The van der Waals surface area contributed by atoms with Gasteiger partial charge in [0.2, 0.25) is 0 Å². The predicted octanol–water partition coefficient (Wildman–Crippen LogP) is 3.15. The van der Waals surface area contributed by atoms with E-state index in [1.54, 1.807) is 6.20 Å². The number of nitrogens with one attached hydrogen (secondary N) is 2. The minimum Gasteiger partial charge on any atom is -0.379 e. The monoisotopic (exact) mass is 443 g/mol. The summed E-state index contributed by atoms with van der Waals surface area (Å²) in [6, 6.07) is 3.92. The Bertz CT molecular complexity index is 696. The van der Waals surface area contributed by atoms with Crippen LogP contribution in [0.15, 0.2) is 27.3 Å². The first-order chi connectivity index (χ1) is 11.1. The smallest absolute Gasteiger partial charge is 0.253 e. The maximum Gasteiger partial charge on any atom is 0.253 e. The summed E-state index contributed by atoms with van der Waals surface area (Å²) < 4.78 is 7.23. The Kier molecular flexibility index (Phi) is 5.74. The Labute approximate surface area is 152 Å². The van der Waals surface area contributed by atoms with Crippen LogP contribution in [0.25, 0.3) is 10.9 Å². The number of benzene rings is 1. The van der Waals surface area contributed by atoms with Crippen LogP contribution in [-0.4, -0.2) is 55.2 Å². The Morgan fingerprint density at radius 1 is 1.26 bits per heavy atom. The van der Waals surface area contributed by atoms with Gasteiger partial charge in [0, 0.05) is 45.7 Å². The van der Waals surface area contributed by atoms with E-state index in [9.17, 15) is 4.79 Å². The number of hydrogen-bond acceptors (Lipinski definition) is 3. The van der Waals surface area contributed by atoms with Gasteiger partial charge in [-0.25, -0.2) is 0 Å². The van der Waals surface area contributed by atoms with E-state index in [1.165, 1.54) is 0 Å². The molecule has 5 nitrogen and oxygen atoms in total. The summed E-state index contributed by atoms with van der Waals surface area (Å²) in [6.45, 7) is 5.27. The van der Waals surface area contributed by atoms with Crippen LogP contribution < -0.4 is 5.32 Å². The van der Waals surface area contributed by atoms with E-state index in [1.807, 2.05) is 12.1 Å². The topological polar surface area (TPSA) is 57.4 Å². The Morgan fingerprint density at radius 3 is 2.78 bits per heavy atom. The lowest BCUT2D eigenvalue weighted by Gasteiger charge is -2.26. The molecule has 1 aliphatic rings. The van der Waals surface area contributed by atoms with Crippen molar-refractivity contribution in [3.05, 3.63) is 32.8 Å². The number of aromatic amines is 1. The maximum atomic E-state index is 12.4. The molecule has 1 aromatic carbocycles. The third-order valence-corrected chi connectivity index (χ3v) is 5.85. The summed E-state index contributed by atoms with van der Waals surface area (Å²) in [5.41, 5.74) is 1.62. The fourth-order valence-corrected chi connectivity index (χ4v) is 3.42. The lowest BCUT2D eigenvalue weighted by molar-refractivity contribution is 0.0374. The molecular formula is C16H19Br2N3O2. The number of carbonyl (C=O) groups is 1. The second kappa shape index (κ2) is 7.79. The standard InChI is InChI=1S/C16H19Br2N3O2/c17-13-8-11-12(10-20-15(11)9-14(13)18)16(22)19-2-1-3-21-4-6-23-7-5-21/h8-10,20H,1-7H2,(H,19,22). The van der Waals surface area contributed by atoms with Crippen LogP contribution >= 0.6 is 31.9 Å². The van der Waals surface area contributed by atoms with Gasteiger partial charge in [0.05, 0.1) is 18.8 Å². The summed E-state index contributed by atoms with van der Waals surface area (Å²) in [6.07, 6.45) is 2.71. The normalized spacial score (nSPS) is 15.9. The van der Waals surface area contributed by atoms with E-state index in [0.29, 0.717) is 12.1 Å². The van der Waals surface area contributed by atoms with Crippen LogP contribution in [0, 0.1) is 0 Å². The molecule has 124 valence electrons. The van der Waals surface area contributed by atoms with E-state index in [0.717, 1.165) is 59.1 Å². The zero-order chi connectivity index (χ0) is 16.2. The molecule has 2 N–H and O–H groups in total. The maximum absolute atomic E-state index is 12.4. The number of morpholine rings is 1. The predicted molar refractivity (Wildman–Crippen MR) is 97.9 cm³/mol. The highest BCUT2D eigenvalue weighted by Gasteiger charge is 2.14. The highest BCUT2D eigenvalue weighted by atomic mass is 79.9. The molecule has 7 heteroatoms. The average molecular weight is 445 g/mol. The zero-order valence-corrected chi connectivity index (χ0v) is 15.9. The molecule has 0 spiro atoms. The third kappa shape index (κ3) is 4.15. The lowest BCUT2D eigenvalue weighted by Crippen LogP contribution is -2.38. The van der Waals surface area contributed by atoms with Gasteiger partial charge < -0.3 is 15.0 Å². The van der Waals surface area contributed by atoms with Crippen molar-refractivity contribution in [2.45, 2.75) is 6.42 Å². The number of halogens is 2. The molecular weight excluding hydrogens is 426 g/mol. The molecule has 1 aliphatic heterocycles. The minimum absolute atomic E-state index is 0.0348. The van der Waals surface area contributed by atoms with Crippen molar-refractivity contribution < 1.29 is 9.53 Å². The SMILES string of the molecule is O=C(NCCCN1CCOCC1)c1c[nH]c2cc(Br)c(Br)cc12. The van der Waals surface area contributed by atoms with Crippen LogP contribution in [0.5, 0.6) is 0 Å². The fourth-order valence-electron chi connectivity index (χ4n) is 2.73. The van der Waals surface area contributed by atoms with E-state index in [-0.39, 0.29) is 5.91 Å². The number of aromatic nitrogens is 1. The number of H-pyrrole nitrogens is 1. The van der Waals surface area contributed by atoms with Crippen molar-refractivity contribution in [2.75, 3.05) is 39.4 Å². The highest BCUT2D eigenvalue weighted by molar-refractivity contribution is 9.13. The summed E-state index contributed by atoms with van der Waals surface area (Å²) in [7, 11) is 0. The van der Waals surface area contributed by atoms with Gasteiger partial charge in [0.25, 0.3) is 5.91 Å². The molecule has 0 atom stereocenters. The molecule has 1 fully saturated rings. The third-order valence-electron chi connectivity index (χ3n) is 4.01. The number of fused-ring (bicyclic) bond motifs is 1. The van der Waals surface area contributed by atoms with Crippen LogP contribution in [0.3, 0.4) is 0 Å². The lowest BCUT2D eigenvalue weighted by atomic mass is 10.1. The van der Waals surface area contributed by atoms with Crippen molar-refractivity contribution in [3.63, 3.8) is 0 Å². The first kappa shape index (κ1) is 17.0. The summed E-state index contributed by atoms with van der Waals surface area (Å²) in [4.78, 5) is 17.9. The zero-order valence-electron chi connectivity index (χ0n) is 12.7. The molecule has 1 saturated heterocycles. The first-order valence-corrected chi connectivity index (χ1v) is 9.28. The molecule has 1 amide bonds. The molecule has 1 aromatic heterocycles. The van der Waals surface area contributed by atoms with Crippen molar-refractivity contribution in [2.24, 2.45) is 0 Å². The van der Waals surface area contributed by atoms with Gasteiger partial charge in [-0.3, -0.25) is 9.69 Å². The van der Waals surface area contributed by atoms with Crippen LogP contribution in [0.2, 0.25) is 0 Å². The van der Waals surface area contributed by atoms with Crippen LogP contribution in [0.1, 0.15) is 16.8 Å². The molecule has 0 radical (unpaired) electrons. The molecule has 2 aromatic rings. The van der Waals surface area contributed by atoms with E-state index in [4.69, 9.17) is 4.74 Å². The Balaban J connectivity index is 1.55. The van der Waals surface area contributed by atoms with E-state index < -0.39 is 0 Å². The van der Waals surface area contributed by atoms with E-state index >= 15 is 0 Å². The van der Waals surface area contributed by atoms with Crippen molar-refractivity contribution in [1.82, 2.24) is 15.2 Å². The number of hydrogen-bond donors (Lipinski definition) is 2. The second-order valence-electron chi connectivity index (χ2n) is 5.58. The van der Waals surface area contributed by atoms with Gasteiger partial charge in [-0.05, 0) is 57.0 Å². The summed E-state index contributed by atoms with van der Waals surface area (Å²) >= 11 is 6.95. The number of amides is 1. The molecule has 3 rings (SSSR count). The fraction of sp³-hybridized carbons (Fsp3) is 0.438. The number of ether oxygens (including phenoxy) is 1. The molecule has 0 aliphatic carbocycles. The molecule has 2 heterocycles. The minimum atomic E-state index is -0.0348. The molecule has 23 heavy (non-hydrogen) atoms. The van der Waals surface area contributed by atoms with Gasteiger partial charge in [-0.1, -0.05) is 0 Å². The average Bonchev–Trinajstić information content (AvgIpc) is 2.95. The van der Waals surface area contributed by atoms with Gasteiger partial charge in [-0.2, -0.15) is 0 Å². The summed E-state index contributed by atoms with van der Waals surface area (Å²) in [5.74, 6) is -0.0348. The quantitative estimate of drug-likeness (QED) is 0.696. The number of nitrogens with zero attached hydrogens (tertiary/aromatic N) is 1. The van der Waals surface area contributed by atoms with Crippen molar-refractivity contribution in [3.8, 4) is 0 Å². The second-order valence-corrected chi connectivity index (χ2v) is 7.29. The number of rotatable bonds is 5. The molecule has 0 saturated carbocycles. The van der Waals surface area contributed by atoms with E-state index in [2.05, 4.69) is 47.1 Å². The molecule has 0 bridgehead atoms. The van der Waals surface area contributed by atoms with Crippen LogP contribution in [0.4, 0.5) is 0 Å². The highest BCUT2D eigenvalue weighted by Crippen LogP contribution is 2.29. The van der Waals surface area contributed by atoms with Crippen molar-refractivity contribution in [1.29, 1.82) is 0 Å². The van der Waals surface area contributed by atoms with Gasteiger partial charge in [0.1, 0.15) is 0 Å². The van der Waals surface area contributed by atoms with Gasteiger partial charge in [0.15, 0.2) is 0 Å². The Hall–Kier alpha value is -0.890. The molecule has 0 unspecified atom stereocenters. The van der Waals surface area contributed by atoms with Crippen molar-refractivity contribution >= 4 is 48.7 Å². The van der Waals surface area contributed by atoms with Crippen LogP contribution in [-0.2, 0) is 4.74 Å². The van der Waals surface area contributed by atoms with Gasteiger partial charge in [-0.15, -0.1) is 0 Å². The summed E-state index contributed by atoms with van der Waals surface area (Å²) in [5, 5.41) is 3.93. The first-order valence-electron chi connectivity index (χ1n) is 7.69. The number of carbonyl (C=O) groups excluding carboxylic acids is 1. The Morgan fingerprint density at radius 2 is 2.00 bits per heavy atom. The van der Waals surface area contributed by atoms with Gasteiger partial charge >= 0.3 is 0 Å².